The van der Waals surface area contributed by atoms with Crippen molar-refractivity contribution in [1.82, 2.24) is 5.32 Å². The van der Waals surface area contributed by atoms with E-state index in [-0.39, 0.29) is 5.91 Å². The summed E-state index contributed by atoms with van der Waals surface area (Å²) < 4.78 is 5.21. The molecule has 4 nitrogen and oxygen atoms in total. The molecular weight excluding hydrogens is 284 g/mol. The number of benzene rings is 1. The molecule has 2 heterocycles. The number of aryl methyl sites for hydroxylation is 1. The topological polar surface area (TPSA) is 54.6 Å². The van der Waals surface area contributed by atoms with E-state index in [0.717, 1.165) is 12.1 Å². The summed E-state index contributed by atoms with van der Waals surface area (Å²) in [6.45, 7) is 2.11. The first-order valence-electron chi connectivity index (χ1n) is 6.66. The van der Waals surface area contributed by atoms with Gasteiger partial charge in [0.2, 0.25) is 0 Å². The highest BCUT2D eigenvalue weighted by Crippen LogP contribution is 2.28. The van der Waals surface area contributed by atoms with Crippen LogP contribution in [-0.2, 0) is 11.2 Å². The van der Waals surface area contributed by atoms with E-state index in [0.29, 0.717) is 15.8 Å². The zero-order valence-corrected chi connectivity index (χ0v) is 12.3. The fraction of sp³-hybridized carbons (Fsp3) is 0.125. The quantitative estimate of drug-likeness (QED) is 0.878. The largest absolute Gasteiger partial charge is 0.465 e. The van der Waals surface area contributed by atoms with Gasteiger partial charge in [0, 0.05) is 6.08 Å². The van der Waals surface area contributed by atoms with Crippen molar-refractivity contribution in [3.8, 4) is 0 Å². The first kappa shape index (κ1) is 13.7. The lowest BCUT2D eigenvalue weighted by molar-refractivity contribution is -0.115. The zero-order chi connectivity index (χ0) is 14.7. The van der Waals surface area contributed by atoms with Gasteiger partial charge < -0.3 is 9.73 Å². The number of thioether (sulfide) groups is 1. The molecule has 0 radical (unpaired) electrons. The lowest BCUT2D eigenvalue weighted by Crippen LogP contribution is -2.19. The first-order valence-corrected chi connectivity index (χ1v) is 7.48. The number of amides is 1. The zero-order valence-electron chi connectivity index (χ0n) is 11.5. The van der Waals surface area contributed by atoms with E-state index in [9.17, 15) is 4.79 Å². The third-order valence-corrected chi connectivity index (χ3v) is 3.95. The van der Waals surface area contributed by atoms with Crippen molar-refractivity contribution in [2.75, 3.05) is 0 Å². The van der Waals surface area contributed by atoms with Crippen molar-refractivity contribution < 1.29 is 9.21 Å². The molecule has 1 aromatic carbocycles. The minimum atomic E-state index is -0.152. The molecule has 1 N–H and O–H groups in total. The van der Waals surface area contributed by atoms with Crippen molar-refractivity contribution in [2.24, 2.45) is 4.99 Å². The number of carbonyl (C=O) groups is 1. The summed E-state index contributed by atoms with van der Waals surface area (Å²) in [7, 11) is 0. The summed E-state index contributed by atoms with van der Waals surface area (Å²) in [4.78, 5) is 16.9. The van der Waals surface area contributed by atoms with E-state index < -0.39 is 0 Å². The second-order valence-electron chi connectivity index (χ2n) is 4.52. The van der Waals surface area contributed by atoms with Gasteiger partial charge in [-0.3, -0.25) is 4.79 Å². The second-order valence-corrected chi connectivity index (χ2v) is 5.55. The number of nitrogens with one attached hydrogen (secondary N) is 1. The lowest BCUT2D eigenvalue weighted by Gasteiger charge is -1.98. The van der Waals surface area contributed by atoms with Crippen LogP contribution in [0.25, 0.3) is 6.08 Å². The molecule has 0 unspecified atom stereocenters. The van der Waals surface area contributed by atoms with Gasteiger partial charge in [0.1, 0.15) is 5.76 Å². The molecular formula is C16H14N2O2S. The molecule has 0 atom stereocenters. The maximum atomic E-state index is 11.9. The molecule has 5 heteroatoms. The minimum absolute atomic E-state index is 0.152. The Morgan fingerprint density at radius 2 is 2.10 bits per heavy atom. The standard InChI is InChI=1S/C16H14N2O2S/c1-2-11-5-7-12(8-6-11)17-16-18-15(19)14(21-16)10-13-4-3-9-20-13/h3-10H,2H2,1H3,(H,17,18,19). The third kappa shape index (κ3) is 3.25. The Morgan fingerprint density at radius 3 is 2.76 bits per heavy atom. The molecule has 0 bridgehead atoms. The van der Waals surface area contributed by atoms with E-state index >= 15 is 0 Å². The predicted octanol–water partition coefficient (Wildman–Crippen LogP) is 3.73. The number of nitrogens with zero attached hydrogens (tertiary/aromatic N) is 1. The van der Waals surface area contributed by atoms with Crippen LogP contribution >= 0.6 is 11.8 Å². The summed E-state index contributed by atoms with van der Waals surface area (Å²) in [5, 5.41) is 3.34. The van der Waals surface area contributed by atoms with E-state index in [4.69, 9.17) is 4.42 Å². The number of rotatable bonds is 3. The van der Waals surface area contributed by atoms with Crippen molar-refractivity contribution in [1.29, 1.82) is 0 Å². The van der Waals surface area contributed by atoms with Crippen LogP contribution in [0.2, 0.25) is 0 Å². The molecule has 1 amide bonds. The maximum absolute atomic E-state index is 11.9. The van der Waals surface area contributed by atoms with Gasteiger partial charge in [-0.1, -0.05) is 19.1 Å². The highest BCUT2D eigenvalue weighted by Gasteiger charge is 2.24. The molecule has 1 aromatic heterocycles. The average molecular weight is 298 g/mol. The summed E-state index contributed by atoms with van der Waals surface area (Å²) in [5.41, 5.74) is 2.09. The molecule has 1 saturated heterocycles. The normalized spacial score (nSPS) is 18.4. The Balaban J connectivity index is 1.78. The van der Waals surface area contributed by atoms with Gasteiger partial charge in [-0.05, 0) is 48.0 Å². The SMILES string of the molecule is CCc1ccc(N=C2NC(=O)C(=Cc3ccco3)S2)cc1. The minimum Gasteiger partial charge on any atom is -0.465 e. The lowest BCUT2D eigenvalue weighted by atomic mass is 10.2. The van der Waals surface area contributed by atoms with Gasteiger partial charge in [0.15, 0.2) is 5.17 Å². The van der Waals surface area contributed by atoms with Gasteiger partial charge >= 0.3 is 0 Å². The maximum Gasteiger partial charge on any atom is 0.264 e. The first-order chi connectivity index (χ1) is 10.2. The predicted molar refractivity (Wildman–Crippen MR) is 85.3 cm³/mol. The van der Waals surface area contributed by atoms with E-state index in [1.54, 1.807) is 24.5 Å². The van der Waals surface area contributed by atoms with Crippen LogP contribution in [0.1, 0.15) is 18.2 Å². The van der Waals surface area contributed by atoms with Crippen LogP contribution < -0.4 is 5.32 Å². The monoisotopic (exact) mass is 298 g/mol. The highest BCUT2D eigenvalue weighted by molar-refractivity contribution is 8.18. The molecule has 106 valence electrons. The van der Waals surface area contributed by atoms with E-state index in [1.807, 2.05) is 24.3 Å². The summed E-state index contributed by atoms with van der Waals surface area (Å²) in [6, 6.07) is 11.6. The van der Waals surface area contributed by atoms with Crippen molar-refractivity contribution in [3.63, 3.8) is 0 Å². The van der Waals surface area contributed by atoms with E-state index in [2.05, 4.69) is 17.2 Å². The summed E-state index contributed by atoms with van der Waals surface area (Å²) in [6.07, 6.45) is 4.29. The van der Waals surface area contributed by atoms with Gasteiger partial charge in [0.25, 0.3) is 5.91 Å². The van der Waals surface area contributed by atoms with Crippen molar-refractivity contribution in [3.05, 3.63) is 58.9 Å². The van der Waals surface area contributed by atoms with Crippen LogP contribution in [0.4, 0.5) is 5.69 Å². The van der Waals surface area contributed by atoms with Crippen molar-refractivity contribution >= 4 is 34.6 Å². The molecule has 0 saturated carbocycles. The van der Waals surface area contributed by atoms with Gasteiger partial charge in [-0.25, -0.2) is 4.99 Å². The Kier molecular flexibility index (Phi) is 3.92. The van der Waals surface area contributed by atoms with Crippen LogP contribution in [0.5, 0.6) is 0 Å². The van der Waals surface area contributed by atoms with Crippen LogP contribution in [-0.4, -0.2) is 11.1 Å². The fourth-order valence-electron chi connectivity index (χ4n) is 1.91. The number of aliphatic imine (C=N–C) groups is 1. The number of amidine groups is 1. The summed E-state index contributed by atoms with van der Waals surface area (Å²) >= 11 is 1.31. The number of hydrogen-bond acceptors (Lipinski definition) is 4. The number of hydrogen-bond donors (Lipinski definition) is 1. The number of carbonyl (C=O) groups excluding carboxylic acids is 1. The fourth-order valence-corrected chi connectivity index (χ4v) is 2.73. The van der Waals surface area contributed by atoms with Gasteiger partial charge in [0.05, 0.1) is 16.9 Å². The second kappa shape index (κ2) is 6.01. The smallest absolute Gasteiger partial charge is 0.264 e. The molecule has 1 aliphatic heterocycles. The Labute approximate surface area is 127 Å². The molecule has 21 heavy (non-hydrogen) atoms. The van der Waals surface area contributed by atoms with Crippen molar-refractivity contribution in [2.45, 2.75) is 13.3 Å². The molecule has 1 fully saturated rings. The number of furan rings is 1. The molecule has 3 rings (SSSR count). The average Bonchev–Trinajstić information content (AvgIpc) is 3.11. The van der Waals surface area contributed by atoms with Crippen LogP contribution in [0, 0.1) is 0 Å². The third-order valence-electron chi connectivity index (χ3n) is 3.04. The van der Waals surface area contributed by atoms with Gasteiger partial charge in [-0.2, -0.15) is 0 Å². The Hall–Kier alpha value is -2.27. The molecule has 0 aliphatic carbocycles. The highest BCUT2D eigenvalue weighted by atomic mass is 32.2. The summed E-state index contributed by atoms with van der Waals surface area (Å²) in [5.74, 6) is 0.501. The Morgan fingerprint density at radius 1 is 1.29 bits per heavy atom. The van der Waals surface area contributed by atoms with Gasteiger partial charge in [-0.15, -0.1) is 0 Å². The molecule has 2 aromatic rings. The Bertz CT molecular complexity index is 700. The molecule has 0 spiro atoms. The van der Waals surface area contributed by atoms with Crippen LogP contribution in [0.15, 0.2) is 57.0 Å². The molecule has 1 aliphatic rings. The van der Waals surface area contributed by atoms with E-state index in [1.165, 1.54) is 17.3 Å². The van der Waals surface area contributed by atoms with Crippen LogP contribution in [0.3, 0.4) is 0 Å².